The Bertz CT molecular complexity index is 554. The molecule has 0 fully saturated rings. The van der Waals surface area contributed by atoms with E-state index in [0.717, 1.165) is 6.07 Å². The van der Waals surface area contributed by atoms with E-state index in [1.165, 1.54) is 18.3 Å². The van der Waals surface area contributed by atoms with Crippen LogP contribution in [-0.4, -0.2) is 21.2 Å². The van der Waals surface area contributed by atoms with E-state index in [9.17, 15) is 14.3 Å². The van der Waals surface area contributed by atoms with Crippen LogP contribution in [0.5, 0.6) is 5.75 Å². The number of phenolic OH excluding ortho intramolecular Hbond substituents is 1. The second kappa shape index (κ2) is 3.20. The van der Waals surface area contributed by atoms with E-state index in [1.807, 2.05) is 0 Å². The van der Waals surface area contributed by atoms with Crippen molar-refractivity contribution < 1.29 is 19.4 Å². The van der Waals surface area contributed by atoms with Gasteiger partial charge in [-0.05, 0) is 18.2 Å². The van der Waals surface area contributed by atoms with Crippen molar-refractivity contribution in [1.82, 2.24) is 4.98 Å². The van der Waals surface area contributed by atoms with Crippen molar-refractivity contribution in [3.63, 3.8) is 0 Å². The van der Waals surface area contributed by atoms with Gasteiger partial charge < -0.3 is 10.2 Å². The predicted octanol–water partition coefficient (Wildman–Crippen LogP) is 1.78. The number of fused-ring (bicyclic) bond motifs is 1. The first kappa shape index (κ1) is 9.39. The average molecular weight is 207 g/mol. The van der Waals surface area contributed by atoms with Crippen molar-refractivity contribution in [3.8, 4) is 5.75 Å². The maximum atomic E-state index is 13.4. The maximum absolute atomic E-state index is 13.4. The Hall–Kier alpha value is -2.17. The number of nitrogens with zero attached hydrogens (tertiary/aromatic N) is 1. The molecule has 1 aromatic heterocycles. The number of rotatable bonds is 1. The Morgan fingerprint density at radius 3 is 2.73 bits per heavy atom. The smallest absolute Gasteiger partial charge is 0.355 e. The molecular weight excluding hydrogens is 201 g/mol. The summed E-state index contributed by atoms with van der Waals surface area (Å²) >= 11 is 0. The lowest BCUT2D eigenvalue weighted by Crippen LogP contribution is -2.02. The molecule has 5 heteroatoms. The van der Waals surface area contributed by atoms with Crippen molar-refractivity contribution in [2.24, 2.45) is 0 Å². The van der Waals surface area contributed by atoms with Crippen LogP contribution in [0, 0.1) is 5.82 Å². The zero-order valence-electron chi connectivity index (χ0n) is 7.44. The number of carboxylic acid groups (broad SMARTS) is 1. The maximum Gasteiger partial charge on any atom is 0.355 e. The summed E-state index contributed by atoms with van der Waals surface area (Å²) in [6.07, 6.45) is 1.21. The van der Waals surface area contributed by atoms with Crippen LogP contribution in [0.1, 0.15) is 10.5 Å². The van der Waals surface area contributed by atoms with E-state index in [1.54, 1.807) is 0 Å². The van der Waals surface area contributed by atoms with Crippen molar-refractivity contribution in [2.75, 3.05) is 0 Å². The van der Waals surface area contributed by atoms with Gasteiger partial charge in [0.05, 0.1) is 5.39 Å². The molecule has 0 unspecified atom stereocenters. The largest absolute Gasteiger partial charge is 0.507 e. The topological polar surface area (TPSA) is 70.4 Å². The van der Waals surface area contributed by atoms with Crippen LogP contribution in [0.3, 0.4) is 0 Å². The van der Waals surface area contributed by atoms with Gasteiger partial charge in [-0.25, -0.2) is 14.2 Å². The molecule has 0 bridgehead atoms. The predicted molar refractivity (Wildman–Crippen MR) is 50.3 cm³/mol. The second-order valence-electron chi connectivity index (χ2n) is 2.95. The lowest BCUT2D eigenvalue weighted by molar-refractivity contribution is 0.0692. The van der Waals surface area contributed by atoms with Crippen LogP contribution in [0.2, 0.25) is 0 Å². The molecule has 2 N–H and O–H groups in total. The molecule has 0 saturated heterocycles. The minimum atomic E-state index is -1.33. The Morgan fingerprint density at radius 2 is 2.07 bits per heavy atom. The van der Waals surface area contributed by atoms with Crippen LogP contribution in [0.15, 0.2) is 24.4 Å². The fraction of sp³-hybridized carbons (Fsp3) is 0. The van der Waals surface area contributed by atoms with Gasteiger partial charge in [-0.2, -0.15) is 0 Å². The molecule has 2 aromatic rings. The van der Waals surface area contributed by atoms with E-state index in [-0.39, 0.29) is 16.5 Å². The first-order valence-corrected chi connectivity index (χ1v) is 4.10. The summed E-state index contributed by atoms with van der Waals surface area (Å²) in [6.45, 7) is 0. The van der Waals surface area contributed by atoms with Crippen LogP contribution < -0.4 is 0 Å². The Balaban J connectivity index is 2.96. The number of hydrogen-bond donors (Lipinski definition) is 2. The Kier molecular flexibility index (Phi) is 2.00. The Labute approximate surface area is 83.6 Å². The van der Waals surface area contributed by atoms with E-state index in [4.69, 9.17) is 5.11 Å². The zero-order valence-corrected chi connectivity index (χ0v) is 7.44. The minimum absolute atomic E-state index is 0.141. The highest BCUT2D eigenvalue weighted by Crippen LogP contribution is 2.28. The summed E-state index contributed by atoms with van der Waals surface area (Å²) in [4.78, 5) is 14.3. The van der Waals surface area contributed by atoms with E-state index >= 15 is 0 Å². The highest BCUT2D eigenvalue weighted by Gasteiger charge is 2.15. The quantitative estimate of drug-likeness (QED) is 0.747. The number of pyridine rings is 1. The summed E-state index contributed by atoms with van der Waals surface area (Å²) in [5, 5.41) is 18.2. The normalized spacial score (nSPS) is 10.5. The van der Waals surface area contributed by atoms with E-state index < -0.39 is 17.5 Å². The second-order valence-corrected chi connectivity index (χ2v) is 2.95. The molecular formula is C10H6FNO3. The molecule has 0 aliphatic carbocycles. The molecule has 4 nitrogen and oxygen atoms in total. The minimum Gasteiger partial charge on any atom is -0.507 e. The summed E-state index contributed by atoms with van der Waals surface area (Å²) in [5.41, 5.74) is -0.402. The van der Waals surface area contributed by atoms with Gasteiger partial charge in [-0.1, -0.05) is 0 Å². The van der Waals surface area contributed by atoms with E-state index in [0.29, 0.717) is 0 Å². The van der Waals surface area contributed by atoms with Crippen LogP contribution in [-0.2, 0) is 0 Å². The van der Waals surface area contributed by atoms with Crippen LogP contribution in [0.4, 0.5) is 4.39 Å². The van der Waals surface area contributed by atoms with Gasteiger partial charge in [-0.3, -0.25) is 0 Å². The number of carboxylic acids is 1. The monoisotopic (exact) mass is 207 g/mol. The molecule has 1 heterocycles. The summed E-state index contributed by atoms with van der Waals surface area (Å²) < 4.78 is 13.4. The average Bonchev–Trinajstić information content (AvgIpc) is 2.23. The van der Waals surface area contributed by atoms with Gasteiger partial charge in [0.2, 0.25) is 0 Å². The molecule has 0 atom stereocenters. The third-order valence-corrected chi connectivity index (χ3v) is 2.06. The molecule has 76 valence electrons. The lowest BCUT2D eigenvalue weighted by atomic mass is 10.1. The number of hydrogen-bond acceptors (Lipinski definition) is 3. The van der Waals surface area contributed by atoms with Crippen molar-refractivity contribution in [3.05, 3.63) is 35.9 Å². The number of halogens is 1. The van der Waals surface area contributed by atoms with Crippen molar-refractivity contribution >= 4 is 16.7 Å². The number of benzene rings is 1. The van der Waals surface area contributed by atoms with E-state index in [2.05, 4.69) is 4.98 Å². The highest BCUT2D eigenvalue weighted by atomic mass is 19.1. The first-order chi connectivity index (χ1) is 7.11. The Morgan fingerprint density at radius 1 is 1.33 bits per heavy atom. The molecule has 0 saturated carbocycles. The molecule has 2 rings (SSSR count). The van der Waals surface area contributed by atoms with Gasteiger partial charge >= 0.3 is 5.97 Å². The van der Waals surface area contributed by atoms with Crippen LogP contribution >= 0.6 is 0 Å². The number of carbonyl (C=O) groups is 1. The SMILES string of the molecule is O=C(O)c1nccc2c(O)ccc(F)c12. The summed E-state index contributed by atoms with van der Waals surface area (Å²) in [6, 6.07) is 3.54. The third kappa shape index (κ3) is 1.38. The molecule has 0 aliphatic heterocycles. The standard InChI is InChI=1S/C10H6FNO3/c11-6-1-2-7(13)5-3-4-12-9(8(5)6)10(14)15/h1-4,13H,(H,14,15). The lowest BCUT2D eigenvalue weighted by Gasteiger charge is -2.04. The molecule has 0 amide bonds. The number of aromatic nitrogens is 1. The molecule has 0 radical (unpaired) electrons. The zero-order chi connectivity index (χ0) is 11.0. The van der Waals surface area contributed by atoms with Crippen molar-refractivity contribution in [1.29, 1.82) is 0 Å². The number of aromatic carboxylic acids is 1. The fourth-order valence-electron chi connectivity index (χ4n) is 1.40. The highest BCUT2D eigenvalue weighted by molar-refractivity contribution is 6.03. The molecule has 1 aromatic carbocycles. The molecule has 0 spiro atoms. The van der Waals surface area contributed by atoms with Gasteiger partial charge in [0.15, 0.2) is 5.69 Å². The third-order valence-electron chi connectivity index (χ3n) is 2.06. The first-order valence-electron chi connectivity index (χ1n) is 4.10. The number of phenols is 1. The van der Waals surface area contributed by atoms with Crippen molar-refractivity contribution in [2.45, 2.75) is 0 Å². The molecule has 15 heavy (non-hydrogen) atoms. The van der Waals surface area contributed by atoms with Gasteiger partial charge in [0.25, 0.3) is 0 Å². The van der Waals surface area contributed by atoms with Crippen LogP contribution in [0.25, 0.3) is 10.8 Å². The van der Waals surface area contributed by atoms with Gasteiger partial charge in [0, 0.05) is 11.6 Å². The summed E-state index contributed by atoms with van der Waals surface area (Å²) in [5.74, 6) is -2.21. The van der Waals surface area contributed by atoms with Gasteiger partial charge in [0.1, 0.15) is 11.6 Å². The summed E-state index contributed by atoms with van der Waals surface area (Å²) in [7, 11) is 0. The number of aromatic hydroxyl groups is 1. The van der Waals surface area contributed by atoms with Gasteiger partial charge in [-0.15, -0.1) is 0 Å². The fourth-order valence-corrected chi connectivity index (χ4v) is 1.40. The molecule has 0 aliphatic rings.